The summed E-state index contributed by atoms with van der Waals surface area (Å²) >= 11 is 0. The van der Waals surface area contributed by atoms with Crippen LogP contribution in [-0.4, -0.2) is 71.8 Å². The van der Waals surface area contributed by atoms with E-state index in [1.54, 1.807) is 23.1 Å². The molecule has 2 amide bonds. The van der Waals surface area contributed by atoms with Gasteiger partial charge in [0.1, 0.15) is 12.4 Å². The number of benzene rings is 1. The maximum atomic E-state index is 13.8. The number of piperidine rings is 1. The molecule has 2 aliphatic rings. The van der Waals surface area contributed by atoms with E-state index in [1.165, 1.54) is 11.0 Å². The Hall–Kier alpha value is -2.19. The first-order valence-corrected chi connectivity index (χ1v) is 8.87. The number of carbonyl (C=O) groups excluding carboxylic acids is 2. The van der Waals surface area contributed by atoms with Crippen LogP contribution in [0.2, 0.25) is 0 Å². The molecule has 0 unspecified atom stereocenters. The normalized spacial score (nSPS) is 23.5. The molecule has 1 atom stereocenters. The number of carbonyl (C=O) groups is 2. The van der Waals surface area contributed by atoms with E-state index in [-0.39, 0.29) is 30.9 Å². The van der Waals surface area contributed by atoms with Crippen molar-refractivity contribution in [3.05, 3.63) is 35.6 Å². The highest BCUT2D eigenvalue weighted by atomic mass is 19.1. The van der Waals surface area contributed by atoms with Crippen LogP contribution in [0.5, 0.6) is 0 Å². The average molecular weight is 365 g/mol. The summed E-state index contributed by atoms with van der Waals surface area (Å²) in [6, 6.07) is 6.34. The molecule has 142 valence electrons. The van der Waals surface area contributed by atoms with Gasteiger partial charge in [0.25, 0.3) is 5.91 Å². The van der Waals surface area contributed by atoms with Crippen molar-refractivity contribution in [3.63, 3.8) is 0 Å². The highest BCUT2D eigenvalue weighted by Gasteiger charge is 2.41. The van der Waals surface area contributed by atoms with E-state index in [0.29, 0.717) is 51.2 Å². The van der Waals surface area contributed by atoms with Gasteiger partial charge in [0, 0.05) is 38.3 Å². The molecule has 2 fully saturated rings. The smallest absolute Gasteiger partial charge is 0.409 e. The van der Waals surface area contributed by atoms with Crippen LogP contribution < -0.4 is 5.32 Å². The maximum Gasteiger partial charge on any atom is 0.409 e. The van der Waals surface area contributed by atoms with Gasteiger partial charge in [-0.15, -0.1) is 0 Å². The van der Waals surface area contributed by atoms with Crippen molar-refractivity contribution in [2.75, 3.05) is 39.3 Å². The van der Waals surface area contributed by atoms with Crippen LogP contribution in [0, 0.1) is 5.82 Å². The summed E-state index contributed by atoms with van der Waals surface area (Å²) in [5, 5.41) is 13.8. The predicted molar refractivity (Wildman–Crippen MR) is 91.8 cm³/mol. The number of rotatable bonds is 7. The summed E-state index contributed by atoms with van der Waals surface area (Å²) in [6.45, 7) is 2.61. The molecule has 2 saturated heterocycles. The van der Waals surface area contributed by atoms with Crippen LogP contribution in [-0.2, 0) is 16.1 Å². The molecule has 7 nitrogen and oxygen atoms in total. The van der Waals surface area contributed by atoms with E-state index in [4.69, 9.17) is 4.74 Å². The van der Waals surface area contributed by atoms with Gasteiger partial charge in [-0.25, -0.2) is 9.18 Å². The van der Waals surface area contributed by atoms with Crippen molar-refractivity contribution in [1.29, 1.82) is 0 Å². The fourth-order valence-corrected chi connectivity index (χ4v) is 3.35. The Balaban J connectivity index is 1.52. The minimum Gasteiger partial charge on any atom is -0.448 e. The van der Waals surface area contributed by atoms with Gasteiger partial charge in [-0.05, 0) is 18.9 Å². The van der Waals surface area contributed by atoms with Gasteiger partial charge < -0.3 is 25.0 Å². The van der Waals surface area contributed by atoms with Gasteiger partial charge >= 0.3 is 6.09 Å². The molecule has 0 radical (unpaired) electrons. The highest BCUT2D eigenvalue weighted by molar-refractivity contribution is 5.86. The second-order valence-corrected chi connectivity index (χ2v) is 6.73. The van der Waals surface area contributed by atoms with Crippen LogP contribution in [0.4, 0.5) is 9.18 Å². The molecule has 1 aromatic rings. The molecule has 1 aromatic carbocycles. The van der Waals surface area contributed by atoms with Crippen LogP contribution in [0.3, 0.4) is 0 Å². The van der Waals surface area contributed by atoms with Gasteiger partial charge in [-0.2, -0.15) is 0 Å². The van der Waals surface area contributed by atoms with Gasteiger partial charge in [0.15, 0.2) is 5.60 Å². The van der Waals surface area contributed by atoms with Crippen molar-refractivity contribution in [2.24, 2.45) is 0 Å². The van der Waals surface area contributed by atoms with E-state index in [9.17, 15) is 19.1 Å². The lowest BCUT2D eigenvalue weighted by Crippen LogP contribution is -2.58. The summed E-state index contributed by atoms with van der Waals surface area (Å²) in [5.74, 6) is -0.745. The number of halogens is 1. The number of likely N-dealkylation sites (tertiary alicyclic amines) is 1. The summed E-state index contributed by atoms with van der Waals surface area (Å²) in [7, 11) is 0. The summed E-state index contributed by atoms with van der Waals surface area (Å²) < 4.78 is 18.7. The lowest BCUT2D eigenvalue weighted by molar-refractivity contribution is -0.157. The maximum absolute atomic E-state index is 13.8. The van der Waals surface area contributed by atoms with Gasteiger partial charge in [0.2, 0.25) is 0 Å². The predicted octanol–water partition coefficient (Wildman–Crippen LogP) is 0.721. The van der Waals surface area contributed by atoms with Gasteiger partial charge in [-0.1, -0.05) is 18.2 Å². The van der Waals surface area contributed by atoms with Crippen molar-refractivity contribution in [1.82, 2.24) is 15.1 Å². The molecule has 0 saturated carbocycles. The molecule has 0 bridgehead atoms. The van der Waals surface area contributed by atoms with Crippen LogP contribution in [0.25, 0.3) is 0 Å². The molecule has 0 aliphatic carbocycles. The molecule has 3 rings (SSSR count). The minimum atomic E-state index is -1.50. The molecule has 0 spiro atoms. The third kappa shape index (κ3) is 4.13. The van der Waals surface area contributed by atoms with Gasteiger partial charge in [-0.3, -0.25) is 4.79 Å². The summed E-state index contributed by atoms with van der Waals surface area (Å²) in [5.41, 5.74) is -1.07. The number of hydrogen-bond donors (Lipinski definition) is 2. The van der Waals surface area contributed by atoms with E-state index in [0.717, 1.165) is 0 Å². The standard InChI is InChI=1S/C18H24FN3O4/c19-15-5-2-1-4-14(15)12-22-8-3-6-18(25,16(22)23)13-20-7-9-21-10-11-26-17(21)24/h1-2,4-5,20,25H,3,6-13H2/t18-/m1/s1. The number of amides is 2. The van der Waals surface area contributed by atoms with Crippen LogP contribution in [0.15, 0.2) is 24.3 Å². The van der Waals surface area contributed by atoms with Crippen molar-refractivity contribution < 1.29 is 23.8 Å². The first-order chi connectivity index (χ1) is 12.5. The zero-order valence-electron chi connectivity index (χ0n) is 14.6. The monoisotopic (exact) mass is 365 g/mol. The first kappa shape index (κ1) is 18.6. The Morgan fingerprint density at radius 2 is 2.04 bits per heavy atom. The lowest BCUT2D eigenvalue weighted by atomic mass is 9.91. The van der Waals surface area contributed by atoms with E-state index in [1.807, 2.05) is 0 Å². The Morgan fingerprint density at radius 3 is 2.77 bits per heavy atom. The second-order valence-electron chi connectivity index (χ2n) is 6.73. The second kappa shape index (κ2) is 8.01. The van der Waals surface area contributed by atoms with E-state index >= 15 is 0 Å². The SMILES string of the molecule is O=C1OCCN1CCNC[C@]1(O)CCCN(Cc2ccccc2F)C1=O. The lowest BCUT2D eigenvalue weighted by Gasteiger charge is -2.38. The first-order valence-electron chi connectivity index (χ1n) is 8.87. The third-order valence-electron chi connectivity index (χ3n) is 4.84. The molecular weight excluding hydrogens is 341 g/mol. The van der Waals surface area contributed by atoms with Crippen molar-refractivity contribution in [2.45, 2.75) is 25.0 Å². The fourth-order valence-electron chi connectivity index (χ4n) is 3.35. The highest BCUT2D eigenvalue weighted by Crippen LogP contribution is 2.24. The van der Waals surface area contributed by atoms with Gasteiger partial charge in [0.05, 0.1) is 6.54 Å². The zero-order chi connectivity index (χ0) is 18.6. The number of ether oxygens (including phenoxy) is 1. The molecule has 2 N–H and O–H groups in total. The van der Waals surface area contributed by atoms with E-state index < -0.39 is 5.60 Å². The Labute approximate surface area is 151 Å². The Bertz CT molecular complexity index is 672. The molecule has 2 aliphatic heterocycles. The van der Waals surface area contributed by atoms with Crippen molar-refractivity contribution in [3.8, 4) is 0 Å². The summed E-state index contributed by atoms with van der Waals surface area (Å²) in [4.78, 5) is 27.1. The molecule has 2 heterocycles. The Morgan fingerprint density at radius 1 is 1.23 bits per heavy atom. The zero-order valence-corrected chi connectivity index (χ0v) is 14.6. The van der Waals surface area contributed by atoms with Crippen LogP contribution in [0.1, 0.15) is 18.4 Å². The third-order valence-corrected chi connectivity index (χ3v) is 4.84. The number of hydrogen-bond acceptors (Lipinski definition) is 5. The topological polar surface area (TPSA) is 82.1 Å². The minimum absolute atomic E-state index is 0.0997. The number of nitrogens with zero attached hydrogens (tertiary/aromatic N) is 2. The fraction of sp³-hybridized carbons (Fsp3) is 0.556. The number of nitrogens with one attached hydrogen (secondary N) is 1. The largest absolute Gasteiger partial charge is 0.448 e. The molecule has 0 aromatic heterocycles. The quantitative estimate of drug-likeness (QED) is 0.696. The molecule has 26 heavy (non-hydrogen) atoms. The van der Waals surface area contributed by atoms with Crippen molar-refractivity contribution >= 4 is 12.0 Å². The summed E-state index contributed by atoms with van der Waals surface area (Å²) in [6.07, 6.45) is 0.671. The Kier molecular flexibility index (Phi) is 5.73. The average Bonchev–Trinajstić information content (AvgIpc) is 3.03. The molecule has 8 heteroatoms. The van der Waals surface area contributed by atoms with E-state index in [2.05, 4.69) is 5.32 Å². The van der Waals surface area contributed by atoms with Crippen LogP contribution >= 0.6 is 0 Å². The molecular formula is C18H24FN3O4. The number of cyclic esters (lactones) is 1. The number of aliphatic hydroxyl groups is 1.